The second kappa shape index (κ2) is 14.0. The van der Waals surface area contributed by atoms with Crippen LogP contribution >= 0.6 is 0 Å². The molecule has 0 fully saturated rings. The number of halogens is 1. The number of nitrogens with one attached hydrogen (secondary N) is 1. The minimum atomic E-state index is -3.59. The van der Waals surface area contributed by atoms with Gasteiger partial charge in [0, 0.05) is 25.6 Å². The number of sulfonamides is 1. The average molecular weight is 536 g/mol. The molecule has 1 unspecified atom stereocenters. The van der Waals surface area contributed by atoms with Crippen molar-refractivity contribution in [2.45, 2.75) is 65.6 Å². The van der Waals surface area contributed by atoms with E-state index in [4.69, 9.17) is 4.74 Å². The SMILES string of the molecule is CCOc1ccc(N(CCCC(=O)N(Cc2ccc(F)cc2)C(CC)C(=O)NC(C)C)S(C)(=O)=O)cc1. The molecule has 2 aromatic carbocycles. The van der Waals surface area contributed by atoms with E-state index in [9.17, 15) is 22.4 Å². The lowest BCUT2D eigenvalue weighted by atomic mass is 10.1. The lowest BCUT2D eigenvalue weighted by molar-refractivity contribution is -0.141. The van der Waals surface area contributed by atoms with Crippen molar-refractivity contribution in [1.82, 2.24) is 10.2 Å². The van der Waals surface area contributed by atoms with E-state index in [1.54, 1.807) is 36.4 Å². The fourth-order valence-corrected chi connectivity index (χ4v) is 4.93. The molecule has 8 nitrogen and oxygen atoms in total. The zero-order valence-electron chi connectivity index (χ0n) is 22.2. The van der Waals surface area contributed by atoms with Gasteiger partial charge >= 0.3 is 0 Å². The molecule has 0 aromatic heterocycles. The predicted molar refractivity (Wildman–Crippen MR) is 143 cm³/mol. The highest BCUT2D eigenvalue weighted by Gasteiger charge is 2.29. The lowest BCUT2D eigenvalue weighted by Crippen LogP contribution is -2.50. The van der Waals surface area contributed by atoms with Crippen molar-refractivity contribution in [3.8, 4) is 5.75 Å². The van der Waals surface area contributed by atoms with Gasteiger partial charge < -0.3 is 15.0 Å². The summed E-state index contributed by atoms with van der Waals surface area (Å²) in [6.07, 6.45) is 1.81. The van der Waals surface area contributed by atoms with E-state index in [1.165, 1.54) is 21.3 Å². The van der Waals surface area contributed by atoms with Crippen LogP contribution in [0.15, 0.2) is 48.5 Å². The summed E-state index contributed by atoms with van der Waals surface area (Å²) in [5.41, 5.74) is 1.17. The van der Waals surface area contributed by atoms with Gasteiger partial charge in [-0.3, -0.25) is 13.9 Å². The fraction of sp³-hybridized carbons (Fsp3) is 0.481. The summed E-state index contributed by atoms with van der Waals surface area (Å²) >= 11 is 0. The molecule has 0 aliphatic heterocycles. The van der Waals surface area contributed by atoms with E-state index in [1.807, 2.05) is 27.7 Å². The van der Waals surface area contributed by atoms with E-state index in [2.05, 4.69) is 5.32 Å². The molecule has 37 heavy (non-hydrogen) atoms. The van der Waals surface area contributed by atoms with E-state index in [0.717, 1.165) is 6.26 Å². The fourth-order valence-electron chi connectivity index (χ4n) is 3.97. The number of nitrogens with zero attached hydrogens (tertiary/aromatic N) is 2. The van der Waals surface area contributed by atoms with Crippen LogP contribution in [0.3, 0.4) is 0 Å². The van der Waals surface area contributed by atoms with E-state index in [-0.39, 0.29) is 49.6 Å². The highest BCUT2D eigenvalue weighted by Crippen LogP contribution is 2.23. The van der Waals surface area contributed by atoms with Gasteiger partial charge in [-0.15, -0.1) is 0 Å². The molecular weight excluding hydrogens is 497 g/mol. The second-order valence-corrected chi connectivity index (χ2v) is 11.0. The van der Waals surface area contributed by atoms with Gasteiger partial charge in [0.2, 0.25) is 21.8 Å². The highest BCUT2D eigenvalue weighted by atomic mass is 32.2. The highest BCUT2D eigenvalue weighted by molar-refractivity contribution is 7.92. The Bertz CT molecular complexity index is 1120. The zero-order chi connectivity index (χ0) is 27.6. The summed E-state index contributed by atoms with van der Waals surface area (Å²) in [5, 5.41) is 2.86. The van der Waals surface area contributed by atoms with Crippen LogP contribution in [0.1, 0.15) is 52.5 Å². The third-order valence-corrected chi connectivity index (χ3v) is 6.86. The molecule has 10 heteroatoms. The maximum absolute atomic E-state index is 13.4. The van der Waals surface area contributed by atoms with Crippen LogP contribution in [0.2, 0.25) is 0 Å². The Hall–Kier alpha value is -3.14. The van der Waals surface area contributed by atoms with Crippen molar-refractivity contribution >= 4 is 27.5 Å². The van der Waals surface area contributed by atoms with Crippen molar-refractivity contribution in [3.63, 3.8) is 0 Å². The van der Waals surface area contributed by atoms with Gasteiger partial charge in [0.1, 0.15) is 17.6 Å². The summed E-state index contributed by atoms with van der Waals surface area (Å²) < 4.78 is 45.1. The summed E-state index contributed by atoms with van der Waals surface area (Å²) in [5.74, 6) is -0.298. The first-order chi connectivity index (χ1) is 17.5. The summed E-state index contributed by atoms with van der Waals surface area (Å²) in [7, 11) is -3.59. The van der Waals surface area contributed by atoms with Crippen LogP contribution in [0.5, 0.6) is 5.75 Å². The lowest BCUT2D eigenvalue weighted by Gasteiger charge is -2.31. The Balaban J connectivity index is 2.19. The monoisotopic (exact) mass is 535 g/mol. The topological polar surface area (TPSA) is 96.0 Å². The number of amides is 2. The van der Waals surface area contributed by atoms with Crippen LogP contribution in [0.4, 0.5) is 10.1 Å². The molecule has 1 N–H and O–H groups in total. The van der Waals surface area contributed by atoms with Crippen LogP contribution in [0.25, 0.3) is 0 Å². The molecule has 0 saturated carbocycles. The summed E-state index contributed by atoms with van der Waals surface area (Å²) in [4.78, 5) is 27.8. The third-order valence-electron chi connectivity index (χ3n) is 5.67. The third kappa shape index (κ3) is 9.35. The molecule has 0 heterocycles. The number of benzene rings is 2. The van der Waals surface area contributed by atoms with Gasteiger partial charge in [0.05, 0.1) is 18.6 Å². The maximum Gasteiger partial charge on any atom is 0.243 e. The first kappa shape index (κ1) is 30.1. The van der Waals surface area contributed by atoms with Crippen LogP contribution in [0, 0.1) is 5.82 Å². The molecule has 0 aliphatic rings. The Morgan fingerprint density at radius 2 is 1.65 bits per heavy atom. The first-order valence-corrected chi connectivity index (χ1v) is 14.4. The Morgan fingerprint density at radius 3 is 2.16 bits per heavy atom. The first-order valence-electron chi connectivity index (χ1n) is 12.5. The normalized spacial score (nSPS) is 12.2. The van der Waals surface area contributed by atoms with Crippen molar-refractivity contribution in [1.29, 1.82) is 0 Å². The number of carbonyl (C=O) groups excluding carboxylic acids is 2. The molecule has 2 rings (SSSR count). The standard InChI is InChI=1S/C27H38FN3O5S/c1-6-25(27(33)29-20(3)4)30(19-21-10-12-22(28)13-11-21)26(32)9-8-18-31(37(5,34)35)23-14-16-24(17-15-23)36-7-2/h10-17,20,25H,6-9,18-19H2,1-5H3,(H,29,33). The Kier molecular flexibility index (Phi) is 11.4. The minimum Gasteiger partial charge on any atom is -0.494 e. The quantitative estimate of drug-likeness (QED) is 0.393. The average Bonchev–Trinajstić information content (AvgIpc) is 2.82. The molecule has 204 valence electrons. The molecule has 1 atom stereocenters. The van der Waals surface area contributed by atoms with Crippen LogP contribution < -0.4 is 14.4 Å². The number of carbonyl (C=O) groups is 2. The molecule has 2 amide bonds. The number of hydrogen-bond acceptors (Lipinski definition) is 5. The molecular formula is C27H38FN3O5S. The van der Waals surface area contributed by atoms with Gasteiger partial charge in [-0.25, -0.2) is 12.8 Å². The predicted octanol–water partition coefficient (Wildman–Crippen LogP) is 4.10. The molecule has 0 radical (unpaired) electrons. The molecule has 0 saturated heterocycles. The maximum atomic E-state index is 13.4. The van der Waals surface area contributed by atoms with Gasteiger partial charge in [-0.2, -0.15) is 0 Å². The van der Waals surface area contributed by atoms with Crippen molar-refractivity contribution in [2.24, 2.45) is 0 Å². The van der Waals surface area contributed by atoms with E-state index in [0.29, 0.717) is 30.0 Å². The van der Waals surface area contributed by atoms with Gasteiger partial charge in [-0.05, 0) is 75.6 Å². The molecule has 2 aromatic rings. The van der Waals surface area contributed by atoms with Gasteiger partial charge in [-0.1, -0.05) is 19.1 Å². The zero-order valence-corrected chi connectivity index (χ0v) is 23.1. The van der Waals surface area contributed by atoms with Crippen molar-refractivity contribution in [2.75, 3.05) is 23.7 Å². The number of rotatable bonds is 14. The molecule has 0 aliphatic carbocycles. The van der Waals surface area contributed by atoms with E-state index < -0.39 is 16.1 Å². The van der Waals surface area contributed by atoms with Gasteiger partial charge in [0.25, 0.3) is 0 Å². The van der Waals surface area contributed by atoms with Crippen LogP contribution in [-0.2, 0) is 26.2 Å². The van der Waals surface area contributed by atoms with Gasteiger partial charge in [0.15, 0.2) is 0 Å². The Morgan fingerprint density at radius 1 is 1.03 bits per heavy atom. The van der Waals surface area contributed by atoms with E-state index >= 15 is 0 Å². The molecule has 0 spiro atoms. The smallest absolute Gasteiger partial charge is 0.243 e. The largest absolute Gasteiger partial charge is 0.494 e. The minimum absolute atomic E-state index is 0.0374. The number of hydrogen-bond donors (Lipinski definition) is 1. The number of anilines is 1. The van der Waals surface area contributed by atoms with Crippen molar-refractivity contribution in [3.05, 3.63) is 59.9 Å². The van der Waals surface area contributed by atoms with Crippen LogP contribution in [-0.4, -0.2) is 56.6 Å². The Labute approximate surface area is 219 Å². The summed E-state index contributed by atoms with van der Waals surface area (Å²) in [6, 6.07) is 11.7. The molecule has 0 bridgehead atoms. The summed E-state index contributed by atoms with van der Waals surface area (Å²) in [6.45, 7) is 8.11. The second-order valence-electron chi connectivity index (χ2n) is 9.10. The van der Waals surface area contributed by atoms with Crippen molar-refractivity contribution < 1.29 is 27.1 Å². The number of ether oxygens (including phenoxy) is 1.